The van der Waals surface area contributed by atoms with Gasteiger partial charge in [-0.25, -0.2) is 4.98 Å². The number of benzene rings is 6. The number of nitrogens with zero attached hydrogens (tertiary/aromatic N) is 2. The van der Waals surface area contributed by atoms with Crippen LogP contribution in [0.1, 0.15) is 76.2 Å². The molecule has 0 saturated heterocycles. The van der Waals surface area contributed by atoms with Gasteiger partial charge >= 0.3 is 0 Å². The van der Waals surface area contributed by atoms with Crippen LogP contribution in [0, 0.1) is 5.92 Å². The first-order valence-corrected chi connectivity index (χ1v) is 22.8. The summed E-state index contributed by atoms with van der Waals surface area (Å²) >= 11 is 1.93. The van der Waals surface area contributed by atoms with Gasteiger partial charge in [-0.05, 0) is 129 Å². The lowest BCUT2D eigenvalue weighted by molar-refractivity contribution is 0.533. The molecule has 8 aromatic rings. The molecule has 10 rings (SSSR count). The second kappa shape index (κ2) is 16.6. The molecule has 0 radical (unpaired) electrons. The third kappa shape index (κ3) is 7.01. The number of fused-ring (bicyclic) bond motifs is 5. The molecule has 2 aliphatic carbocycles. The van der Waals surface area contributed by atoms with Gasteiger partial charge in [-0.1, -0.05) is 166 Å². The van der Waals surface area contributed by atoms with Gasteiger partial charge in [-0.3, -0.25) is 4.98 Å². The van der Waals surface area contributed by atoms with Crippen LogP contribution in [-0.2, 0) is 0 Å². The molecule has 298 valence electrons. The summed E-state index contributed by atoms with van der Waals surface area (Å²) in [5.41, 5.74) is 16.9. The molecule has 0 N–H and O–H groups in total. The van der Waals surface area contributed by atoms with Crippen molar-refractivity contribution in [1.82, 2.24) is 9.97 Å². The van der Waals surface area contributed by atoms with Gasteiger partial charge in [0.2, 0.25) is 0 Å². The van der Waals surface area contributed by atoms with Gasteiger partial charge in [0, 0.05) is 26.6 Å². The van der Waals surface area contributed by atoms with Crippen LogP contribution >= 0.6 is 11.3 Å². The zero-order valence-corrected chi connectivity index (χ0v) is 36.3. The van der Waals surface area contributed by atoms with Crippen molar-refractivity contribution in [2.45, 2.75) is 59.3 Å². The van der Waals surface area contributed by atoms with Crippen molar-refractivity contribution >= 4 is 49.4 Å². The van der Waals surface area contributed by atoms with Crippen LogP contribution in [-0.4, -0.2) is 9.97 Å². The molecule has 2 unspecified atom stereocenters. The molecular formula is C58H50N2S. The second-order valence-electron chi connectivity index (χ2n) is 16.5. The summed E-state index contributed by atoms with van der Waals surface area (Å²) in [6.45, 7) is 8.79. The van der Waals surface area contributed by atoms with E-state index in [-0.39, 0.29) is 5.92 Å². The first-order chi connectivity index (χ1) is 30.0. The Kier molecular flexibility index (Phi) is 10.5. The molecule has 2 atom stereocenters. The van der Waals surface area contributed by atoms with Crippen molar-refractivity contribution in [3.63, 3.8) is 0 Å². The summed E-state index contributed by atoms with van der Waals surface area (Å²) < 4.78 is 2.81. The molecular weight excluding hydrogens is 757 g/mol. The zero-order valence-electron chi connectivity index (χ0n) is 35.5. The van der Waals surface area contributed by atoms with Crippen molar-refractivity contribution in [3.8, 4) is 44.6 Å². The molecule has 0 spiro atoms. The summed E-state index contributed by atoms with van der Waals surface area (Å²) in [6, 6.07) is 49.4. The van der Waals surface area contributed by atoms with Gasteiger partial charge in [-0.2, -0.15) is 0 Å². The second-order valence-corrected chi connectivity index (χ2v) is 17.5. The number of aromatic nitrogens is 2. The van der Waals surface area contributed by atoms with Gasteiger partial charge in [0.05, 0.1) is 23.3 Å². The standard InChI is InChI=1S/C58H50N2S/c1-5-8-18-45-37(4)56-57(44(7-3)49(45)15-6-2)60-54(36-59-56)43-17-13-16-42(35-43)38-25-27-39(28-26-38)46-33-34-47(51-20-10-9-19-50(46)51)40-29-31-41(32-30-40)48-22-14-23-53-52-21-11-12-24-55(52)61-58(48)53/h6,8-13,15-21,23-36,44,49H,5,7,14,22H2,1-4H3/b15-6-,18-8-. The summed E-state index contributed by atoms with van der Waals surface area (Å²) in [4.78, 5) is 10.4. The van der Waals surface area contributed by atoms with Crippen molar-refractivity contribution < 1.29 is 0 Å². The Labute approximate surface area is 363 Å². The molecule has 0 fully saturated rings. The quantitative estimate of drug-likeness (QED) is 0.136. The lowest BCUT2D eigenvalue weighted by atomic mass is 9.74. The fourth-order valence-corrected chi connectivity index (χ4v) is 11.1. The average molecular weight is 807 g/mol. The summed E-state index contributed by atoms with van der Waals surface area (Å²) in [7, 11) is 0. The maximum absolute atomic E-state index is 5.36. The highest BCUT2D eigenvalue weighted by atomic mass is 32.1. The minimum atomic E-state index is 0.279. The highest BCUT2D eigenvalue weighted by Crippen LogP contribution is 2.45. The van der Waals surface area contributed by atoms with E-state index in [1.54, 1.807) is 0 Å². The topological polar surface area (TPSA) is 25.8 Å². The van der Waals surface area contributed by atoms with E-state index < -0.39 is 0 Å². The molecule has 2 nitrogen and oxygen atoms in total. The predicted molar refractivity (Wildman–Crippen MR) is 262 cm³/mol. The number of hydrogen-bond acceptors (Lipinski definition) is 3. The van der Waals surface area contributed by atoms with E-state index in [2.05, 4.69) is 192 Å². The van der Waals surface area contributed by atoms with Crippen molar-refractivity contribution in [2.75, 3.05) is 0 Å². The largest absolute Gasteiger partial charge is 0.252 e. The SMILES string of the molecule is C/C=C\C1C(/C=C\CC)=C(C)c2ncc(-c3cccc(-c4ccc(-c5ccc(-c6ccc(C7=c8sc9ccccc9c8=CCC7)cc6)c6ccccc56)cc4)c3)nc2C1CC. The third-order valence-electron chi connectivity index (χ3n) is 12.9. The Morgan fingerprint density at radius 2 is 1.34 bits per heavy atom. The molecule has 2 aromatic heterocycles. The Hall–Kier alpha value is -6.42. The maximum Gasteiger partial charge on any atom is 0.0889 e. The van der Waals surface area contributed by atoms with Crippen LogP contribution in [0.5, 0.6) is 0 Å². The highest BCUT2D eigenvalue weighted by molar-refractivity contribution is 7.17. The normalized spacial score (nSPS) is 16.4. The van der Waals surface area contributed by atoms with Crippen LogP contribution in [0.15, 0.2) is 170 Å². The minimum absolute atomic E-state index is 0.279. The first kappa shape index (κ1) is 38.8. The number of thiophene rings is 1. The summed E-state index contributed by atoms with van der Waals surface area (Å²) in [6.07, 6.45) is 17.7. The predicted octanol–water partition coefficient (Wildman–Crippen LogP) is 14.7. The van der Waals surface area contributed by atoms with Gasteiger partial charge in [0.15, 0.2) is 0 Å². The summed E-state index contributed by atoms with van der Waals surface area (Å²) in [5.74, 6) is 0.572. The Balaban J connectivity index is 0.940. The Bertz CT molecular complexity index is 3180. The van der Waals surface area contributed by atoms with Crippen molar-refractivity contribution in [3.05, 3.63) is 196 Å². The molecule has 0 aliphatic heterocycles. The smallest absolute Gasteiger partial charge is 0.0889 e. The molecule has 3 heteroatoms. The monoisotopic (exact) mass is 806 g/mol. The van der Waals surface area contributed by atoms with Gasteiger partial charge in [0.25, 0.3) is 0 Å². The van der Waals surface area contributed by atoms with Crippen LogP contribution in [0.3, 0.4) is 0 Å². The summed E-state index contributed by atoms with van der Waals surface area (Å²) in [5, 5.41) is 5.33. The van der Waals surface area contributed by atoms with E-state index in [1.165, 1.54) is 86.3 Å². The van der Waals surface area contributed by atoms with E-state index in [1.807, 2.05) is 17.5 Å². The molecule has 2 aliphatic rings. The molecule has 0 bridgehead atoms. The van der Waals surface area contributed by atoms with E-state index in [9.17, 15) is 0 Å². The van der Waals surface area contributed by atoms with Gasteiger partial charge < -0.3 is 0 Å². The van der Waals surface area contributed by atoms with Crippen LogP contribution in [0.2, 0.25) is 0 Å². The highest BCUT2D eigenvalue weighted by Gasteiger charge is 2.33. The fourth-order valence-electron chi connectivity index (χ4n) is 9.83. The van der Waals surface area contributed by atoms with E-state index in [0.717, 1.165) is 48.3 Å². The molecule has 0 saturated carbocycles. The van der Waals surface area contributed by atoms with E-state index in [0.29, 0.717) is 5.92 Å². The van der Waals surface area contributed by atoms with E-state index >= 15 is 0 Å². The third-order valence-corrected chi connectivity index (χ3v) is 14.2. The average Bonchev–Trinajstić information content (AvgIpc) is 3.70. The van der Waals surface area contributed by atoms with Crippen LogP contribution in [0.25, 0.3) is 82.7 Å². The van der Waals surface area contributed by atoms with Crippen molar-refractivity contribution in [2.24, 2.45) is 5.92 Å². The number of hydrogen-bond donors (Lipinski definition) is 0. The number of rotatable bonds is 9. The lowest BCUT2D eigenvalue weighted by Gasteiger charge is -2.32. The van der Waals surface area contributed by atoms with E-state index in [4.69, 9.17) is 9.97 Å². The molecule has 0 amide bonds. The zero-order chi connectivity index (χ0) is 41.5. The van der Waals surface area contributed by atoms with Crippen LogP contribution in [0.4, 0.5) is 0 Å². The van der Waals surface area contributed by atoms with Gasteiger partial charge in [0.1, 0.15) is 0 Å². The Morgan fingerprint density at radius 1 is 0.689 bits per heavy atom. The molecule has 6 aromatic carbocycles. The first-order valence-electron chi connectivity index (χ1n) is 22.0. The minimum Gasteiger partial charge on any atom is -0.252 e. The fraction of sp³-hybridized carbons (Fsp3) is 0.172. The van der Waals surface area contributed by atoms with Crippen molar-refractivity contribution in [1.29, 1.82) is 0 Å². The maximum atomic E-state index is 5.36. The van der Waals surface area contributed by atoms with Gasteiger partial charge in [-0.15, -0.1) is 11.3 Å². The molecule has 2 heterocycles. The Morgan fingerprint density at radius 3 is 2.03 bits per heavy atom. The van der Waals surface area contributed by atoms with Crippen LogP contribution < -0.4 is 9.75 Å². The molecule has 61 heavy (non-hydrogen) atoms. The lowest BCUT2D eigenvalue weighted by Crippen LogP contribution is -2.24. The number of allylic oxidation sites excluding steroid dienone is 6.